The van der Waals surface area contributed by atoms with Gasteiger partial charge in [-0.1, -0.05) is 0 Å². The Hall–Kier alpha value is -0.800. The van der Waals surface area contributed by atoms with E-state index in [1.54, 1.807) is 6.26 Å². The number of nitrogens with two attached hydrogens (primary N) is 1. The van der Waals surface area contributed by atoms with Crippen LogP contribution in [0.15, 0.2) is 22.8 Å². The minimum absolute atomic E-state index is 0.0156. The van der Waals surface area contributed by atoms with E-state index in [1.165, 1.54) is 0 Å². The topological polar surface area (TPSA) is 48.4 Å². The summed E-state index contributed by atoms with van der Waals surface area (Å²) in [7, 11) is 0. The average molecular weight is 195 g/mol. The molecule has 1 fully saturated rings. The van der Waals surface area contributed by atoms with Crippen molar-refractivity contribution in [2.24, 2.45) is 5.73 Å². The van der Waals surface area contributed by atoms with Gasteiger partial charge in [-0.05, 0) is 32.4 Å². The molecule has 0 atom stereocenters. The Bertz CT molecular complexity index is 294. The third kappa shape index (κ3) is 1.70. The maximum absolute atomic E-state index is 6.04. The second-order valence-electron chi connectivity index (χ2n) is 4.92. The van der Waals surface area contributed by atoms with Crippen LogP contribution in [0.4, 0.5) is 0 Å². The molecule has 2 heterocycles. The number of hydrogen-bond donors (Lipinski definition) is 1. The minimum atomic E-state index is -0.184. The van der Waals surface area contributed by atoms with E-state index in [0.717, 1.165) is 25.4 Å². The highest BCUT2D eigenvalue weighted by atomic mass is 16.5. The third-order valence-corrected chi connectivity index (χ3v) is 2.59. The molecule has 1 aromatic rings. The summed E-state index contributed by atoms with van der Waals surface area (Å²) < 4.78 is 10.7. The van der Waals surface area contributed by atoms with Gasteiger partial charge >= 0.3 is 0 Å². The molecular weight excluding hydrogens is 178 g/mol. The van der Waals surface area contributed by atoms with Crippen molar-refractivity contribution in [1.29, 1.82) is 0 Å². The zero-order valence-corrected chi connectivity index (χ0v) is 8.75. The van der Waals surface area contributed by atoms with E-state index in [-0.39, 0.29) is 11.0 Å². The molecule has 0 radical (unpaired) electrons. The summed E-state index contributed by atoms with van der Waals surface area (Å²) in [5, 5.41) is 0. The van der Waals surface area contributed by atoms with Crippen LogP contribution in [0, 0.1) is 0 Å². The van der Waals surface area contributed by atoms with E-state index in [4.69, 9.17) is 14.9 Å². The second kappa shape index (κ2) is 3.11. The Balaban J connectivity index is 2.19. The molecule has 14 heavy (non-hydrogen) atoms. The Morgan fingerprint density at radius 2 is 2.21 bits per heavy atom. The fraction of sp³-hybridized carbons (Fsp3) is 0.636. The van der Waals surface area contributed by atoms with Gasteiger partial charge in [0.2, 0.25) is 0 Å². The fourth-order valence-corrected chi connectivity index (χ4v) is 2.13. The summed E-state index contributed by atoms with van der Waals surface area (Å²) in [6.07, 6.45) is 2.60. The van der Waals surface area contributed by atoms with E-state index >= 15 is 0 Å². The SMILES string of the molecule is CC(C)(N)CC1(c2ccco2)COC1. The predicted octanol–water partition coefficient (Wildman–Crippen LogP) is 1.68. The van der Waals surface area contributed by atoms with Crippen molar-refractivity contribution in [1.82, 2.24) is 0 Å². The first kappa shape index (κ1) is 9.74. The lowest BCUT2D eigenvalue weighted by Gasteiger charge is -2.43. The number of rotatable bonds is 3. The van der Waals surface area contributed by atoms with Gasteiger partial charge in [0.25, 0.3) is 0 Å². The van der Waals surface area contributed by atoms with Crippen LogP contribution in [-0.2, 0) is 10.2 Å². The molecular formula is C11H17NO2. The van der Waals surface area contributed by atoms with Crippen LogP contribution in [0.2, 0.25) is 0 Å². The summed E-state index contributed by atoms with van der Waals surface area (Å²) in [5.74, 6) is 1.00. The molecule has 0 spiro atoms. The van der Waals surface area contributed by atoms with Gasteiger partial charge in [-0.3, -0.25) is 0 Å². The second-order valence-corrected chi connectivity index (χ2v) is 4.92. The van der Waals surface area contributed by atoms with Crippen LogP contribution in [0.3, 0.4) is 0 Å². The standard InChI is InChI=1S/C11H17NO2/c1-10(2,12)6-11(7-13-8-11)9-4-3-5-14-9/h3-5H,6-8,12H2,1-2H3. The summed E-state index contributed by atoms with van der Waals surface area (Å²) >= 11 is 0. The lowest BCUT2D eigenvalue weighted by Crippen LogP contribution is -2.53. The molecule has 1 aromatic heterocycles. The van der Waals surface area contributed by atoms with Crippen molar-refractivity contribution >= 4 is 0 Å². The molecule has 1 aliphatic heterocycles. The van der Waals surface area contributed by atoms with Crippen LogP contribution in [-0.4, -0.2) is 18.8 Å². The highest BCUT2D eigenvalue weighted by Crippen LogP contribution is 2.38. The van der Waals surface area contributed by atoms with Crippen molar-refractivity contribution < 1.29 is 9.15 Å². The molecule has 1 saturated heterocycles. The number of ether oxygens (including phenoxy) is 1. The zero-order valence-electron chi connectivity index (χ0n) is 8.75. The highest BCUT2D eigenvalue weighted by Gasteiger charge is 2.45. The fourth-order valence-electron chi connectivity index (χ4n) is 2.13. The normalized spacial score (nSPS) is 20.5. The number of furan rings is 1. The predicted molar refractivity (Wildman–Crippen MR) is 54.1 cm³/mol. The quantitative estimate of drug-likeness (QED) is 0.798. The molecule has 0 amide bonds. The summed E-state index contributed by atoms with van der Waals surface area (Å²) in [5.41, 5.74) is 5.87. The lowest BCUT2D eigenvalue weighted by atomic mass is 9.74. The lowest BCUT2D eigenvalue weighted by molar-refractivity contribution is -0.0816. The molecule has 2 N–H and O–H groups in total. The highest BCUT2D eigenvalue weighted by molar-refractivity contribution is 5.19. The molecule has 3 heteroatoms. The minimum Gasteiger partial charge on any atom is -0.469 e. The van der Waals surface area contributed by atoms with Crippen molar-refractivity contribution in [3.8, 4) is 0 Å². The first-order chi connectivity index (χ1) is 6.52. The Kier molecular flexibility index (Phi) is 2.16. The molecule has 0 aliphatic carbocycles. The van der Waals surface area contributed by atoms with E-state index in [9.17, 15) is 0 Å². The molecule has 1 aliphatic rings. The molecule has 0 aromatic carbocycles. The van der Waals surface area contributed by atoms with Crippen LogP contribution >= 0.6 is 0 Å². The summed E-state index contributed by atoms with van der Waals surface area (Å²) in [4.78, 5) is 0. The third-order valence-electron chi connectivity index (χ3n) is 2.59. The largest absolute Gasteiger partial charge is 0.469 e. The van der Waals surface area contributed by atoms with Crippen LogP contribution in [0.5, 0.6) is 0 Å². The van der Waals surface area contributed by atoms with Gasteiger partial charge in [-0.15, -0.1) is 0 Å². The zero-order chi connectivity index (χ0) is 10.2. The molecule has 3 nitrogen and oxygen atoms in total. The summed E-state index contributed by atoms with van der Waals surface area (Å²) in [6, 6.07) is 3.92. The molecule has 0 bridgehead atoms. The Morgan fingerprint density at radius 3 is 2.57 bits per heavy atom. The Labute approximate surface area is 84.2 Å². The monoisotopic (exact) mass is 195 g/mol. The van der Waals surface area contributed by atoms with Crippen molar-refractivity contribution in [3.63, 3.8) is 0 Å². The van der Waals surface area contributed by atoms with Gasteiger partial charge in [-0.2, -0.15) is 0 Å². The molecule has 78 valence electrons. The van der Waals surface area contributed by atoms with Crippen LogP contribution in [0.25, 0.3) is 0 Å². The van der Waals surface area contributed by atoms with Crippen LogP contribution < -0.4 is 5.73 Å². The van der Waals surface area contributed by atoms with Gasteiger partial charge < -0.3 is 14.9 Å². The van der Waals surface area contributed by atoms with Gasteiger partial charge in [-0.25, -0.2) is 0 Å². The van der Waals surface area contributed by atoms with Gasteiger partial charge in [0.1, 0.15) is 5.76 Å². The van der Waals surface area contributed by atoms with Gasteiger partial charge in [0, 0.05) is 5.54 Å². The molecule has 0 unspecified atom stereocenters. The number of hydrogen-bond acceptors (Lipinski definition) is 3. The van der Waals surface area contributed by atoms with Crippen molar-refractivity contribution in [2.75, 3.05) is 13.2 Å². The summed E-state index contributed by atoms with van der Waals surface area (Å²) in [6.45, 7) is 5.52. The van der Waals surface area contributed by atoms with Crippen molar-refractivity contribution in [3.05, 3.63) is 24.2 Å². The molecule has 0 saturated carbocycles. The van der Waals surface area contributed by atoms with Crippen molar-refractivity contribution in [2.45, 2.75) is 31.2 Å². The van der Waals surface area contributed by atoms with E-state index in [0.29, 0.717) is 0 Å². The van der Waals surface area contributed by atoms with Crippen LogP contribution in [0.1, 0.15) is 26.0 Å². The average Bonchev–Trinajstić information content (AvgIpc) is 2.46. The van der Waals surface area contributed by atoms with E-state index in [2.05, 4.69) is 0 Å². The maximum atomic E-state index is 6.04. The Morgan fingerprint density at radius 1 is 1.50 bits per heavy atom. The smallest absolute Gasteiger partial charge is 0.114 e. The first-order valence-electron chi connectivity index (χ1n) is 4.93. The molecule has 2 rings (SSSR count). The van der Waals surface area contributed by atoms with E-state index < -0.39 is 0 Å². The first-order valence-corrected chi connectivity index (χ1v) is 4.93. The van der Waals surface area contributed by atoms with Gasteiger partial charge in [0.15, 0.2) is 0 Å². The van der Waals surface area contributed by atoms with E-state index in [1.807, 2.05) is 26.0 Å². The van der Waals surface area contributed by atoms with Gasteiger partial charge in [0.05, 0.1) is 24.9 Å². The maximum Gasteiger partial charge on any atom is 0.114 e.